The van der Waals surface area contributed by atoms with Gasteiger partial charge in [0.15, 0.2) is 0 Å². The summed E-state index contributed by atoms with van der Waals surface area (Å²) in [7, 11) is 3.23. The fraction of sp³-hybridized carbons (Fsp3) is 0.667. The van der Waals surface area contributed by atoms with Crippen LogP contribution in [-0.2, 0) is 22.4 Å². The molecule has 2 N–H and O–H groups in total. The lowest BCUT2D eigenvalue weighted by atomic mass is 10.1. The van der Waals surface area contributed by atoms with Crippen molar-refractivity contribution in [2.75, 3.05) is 20.8 Å². The summed E-state index contributed by atoms with van der Waals surface area (Å²) in [5.41, 5.74) is 3.24. The number of H-pyrrole nitrogens is 1. The lowest BCUT2D eigenvalue weighted by Crippen LogP contribution is -2.24. The number of nitrogens with zero attached hydrogens (tertiary/aromatic N) is 1. The lowest BCUT2D eigenvalue weighted by Gasteiger charge is -2.16. The molecule has 0 aliphatic carbocycles. The number of hydrogen-bond donors (Lipinski definition) is 2. The van der Waals surface area contributed by atoms with Crippen molar-refractivity contribution in [3.63, 3.8) is 0 Å². The highest BCUT2D eigenvalue weighted by Crippen LogP contribution is 2.23. The van der Waals surface area contributed by atoms with Crippen LogP contribution in [0, 0.1) is 0 Å². The minimum atomic E-state index is -0.366. The molecule has 1 aromatic rings. The van der Waals surface area contributed by atoms with E-state index in [4.69, 9.17) is 9.47 Å². The highest BCUT2D eigenvalue weighted by Gasteiger charge is 2.22. The molecule has 5 nitrogen and oxygen atoms in total. The molecule has 0 bridgehead atoms. The average molecular weight is 197 g/mol. The van der Waals surface area contributed by atoms with E-state index in [1.165, 1.54) is 11.3 Å². The maximum absolute atomic E-state index is 5.18. The van der Waals surface area contributed by atoms with Gasteiger partial charge in [-0.25, -0.2) is 0 Å². The molecule has 0 atom stereocenters. The maximum atomic E-state index is 5.18. The Hall–Kier alpha value is -0.910. The normalized spacial score (nSPS) is 15.9. The standard InChI is InChI=1S/C9H15N3O2/c1-13-9(14-2)8-6-5-10-4-3-7(6)11-12-8/h9-10H,3-5H2,1-2H3,(H,11,12). The lowest BCUT2D eigenvalue weighted by molar-refractivity contribution is -0.109. The van der Waals surface area contributed by atoms with E-state index in [1.807, 2.05) is 0 Å². The first kappa shape index (κ1) is 9.64. The molecule has 0 spiro atoms. The predicted octanol–water partition coefficient (Wildman–Crippen LogP) is 0.347. The number of nitrogens with one attached hydrogen (secondary N) is 2. The molecule has 0 saturated heterocycles. The predicted molar refractivity (Wildman–Crippen MR) is 50.8 cm³/mol. The molecule has 1 aromatic heterocycles. The first-order valence-corrected chi connectivity index (χ1v) is 4.69. The van der Waals surface area contributed by atoms with Crippen LogP contribution in [0.3, 0.4) is 0 Å². The zero-order valence-corrected chi connectivity index (χ0v) is 8.46. The number of hydrogen-bond acceptors (Lipinski definition) is 4. The molecule has 2 heterocycles. The van der Waals surface area contributed by atoms with Gasteiger partial charge in [-0.2, -0.15) is 5.10 Å². The largest absolute Gasteiger partial charge is 0.350 e. The molecular formula is C9H15N3O2. The maximum Gasteiger partial charge on any atom is 0.202 e. The van der Waals surface area contributed by atoms with Crippen LogP contribution in [0.4, 0.5) is 0 Å². The quantitative estimate of drug-likeness (QED) is 0.686. The van der Waals surface area contributed by atoms with E-state index in [2.05, 4.69) is 15.5 Å². The zero-order chi connectivity index (χ0) is 9.97. The Morgan fingerprint density at radius 2 is 2.14 bits per heavy atom. The average Bonchev–Trinajstić information content (AvgIpc) is 2.65. The number of aromatic nitrogens is 2. The highest BCUT2D eigenvalue weighted by atomic mass is 16.7. The first-order valence-electron chi connectivity index (χ1n) is 4.69. The third-order valence-corrected chi connectivity index (χ3v) is 2.49. The fourth-order valence-corrected chi connectivity index (χ4v) is 1.76. The third kappa shape index (κ3) is 1.54. The third-order valence-electron chi connectivity index (χ3n) is 2.49. The van der Waals surface area contributed by atoms with Gasteiger partial charge in [-0.1, -0.05) is 0 Å². The van der Waals surface area contributed by atoms with Crippen LogP contribution < -0.4 is 5.32 Å². The van der Waals surface area contributed by atoms with Crippen molar-refractivity contribution in [2.24, 2.45) is 0 Å². The summed E-state index contributed by atoms with van der Waals surface area (Å²) in [4.78, 5) is 0. The van der Waals surface area contributed by atoms with Crippen LogP contribution in [0.5, 0.6) is 0 Å². The number of ether oxygens (including phenoxy) is 2. The van der Waals surface area contributed by atoms with Gasteiger partial charge in [-0.05, 0) is 0 Å². The SMILES string of the molecule is COC(OC)c1n[nH]c2c1CNCC2. The van der Waals surface area contributed by atoms with Gasteiger partial charge >= 0.3 is 0 Å². The second-order valence-corrected chi connectivity index (χ2v) is 3.30. The Morgan fingerprint density at radius 3 is 2.86 bits per heavy atom. The molecular weight excluding hydrogens is 182 g/mol. The second kappa shape index (κ2) is 4.08. The molecule has 5 heteroatoms. The number of fused-ring (bicyclic) bond motifs is 1. The summed E-state index contributed by atoms with van der Waals surface area (Å²) in [5, 5.41) is 10.5. The topological polar surface area (TPSA) is 59.2 Å². The molecule has 0 radical (unpaired) electrons. The van der Waals surface area contributed by atoms with Crippen molar-refractivity contribution in [2.45, 2.75) is 19.3 Å². The van der Waals surface area contributed by atoms with E-state index in [9.17, 15) is 0 Å². The molecule has 0 aromatic carbocycles. The van der Waals surface area contributed by atoms with Gasteiger partial charge in [0.2, 0.25) is 6.29 Å². The minimum absolute atomic E-state index is 0.366. The summed E-state index contributed by atoms with van der Waals surface area (Å²) < 4.78 is 10.4. The van der Waals surface area contributed by atoms with Gasteiger partial charge in [0, 0.05) is 45.0 Å². The Balaban J connectivity index is 2.29. The summed E-state index contributed by atoms with van der Waals surface area (Å²) in [5.74, 6) is 0. The molecule has 0 amide bonds. The van der Waals surface area contributed by atoms with E-state index in [0.717, 1.165) is 25.2 Å². The minimum Gasteiger partial charge on any atom is -0.350 e. The van der Waals surface area contributed by atoms with Gasteiger partial charge in [-0.15, -0.1) is 0 Å². The summed E-state index contributed by atoms with van der Waals surface area (Å²) in [6, 6.07) is 0. The molecule has 0 unspecified atom stereocenters. The molecule has 14 heavy (non-hydrogen) atoms. The Labute approximate surface area is 82.8 Å². The van der Waals surface area contributed by atoms with Crippen LogP contribution in [0.15, 0.2) is 0 Å². The van der Waals surface area contributed by atoms with Crippen molar-refractivity contribution in [3.05, 3.63) is 17.0 Å². The molecule has 1 aliphatic rings. The van der Waals surface area contributed by atoms with Crippen molar-refractivity contribution < 1.29 is 9.47 Å². The second-order valence-electron chi connectivity index (χ2n) is 3.30. The van der Waals surface area contributed by atoms with E-state index >= 15 is 0 Å². The molecule has 1 aliphatic heterocycles. The Morgan fingerprint density at radius 1 is 1.36 bits per heavy atom. The van der Waals surface area contributed by atoms with Crippen molar-refractivity contribution >= 4 is 0 Å². The monoisotopic (exact) mass is 197 g/mol. The smallest absolute Gasteiger partial charge is 0.202 e. The van der Waals surface area contributed by atoms with Gasteiger partial charge in [0.05, 0.1) is 0 Å². The van der Waals surface area contributed by atoms with E-state index in [0.29, 0.717) is 0 Å². The number of methoxy groups -OCH3 is 2. The zero-order valence-electron chi connectivity index (χ0n) is 8.46. The molecule has 78 valence electrons. The summed E-state index contributed by atoms with van der Waals surface area (Å²) in [6.07, 6.45) is 0.623. The first-order chi connectivity index (χ1) is 6.86. The van der Waals surface area contributed by atoms with Crippen LogP contribution in [0.1, 0.15) is 23.2 Å². The Bertz CT molecular complexity index is 307. The van der Waals surface area contributed by atoms with Gasteiger partial charge in [-0.3, -0.25) is 5.10 Å². The Kier molecular flexibility index (Phi) is 2.81. The van der Waals surface area contributed by atoms with Crippen LogP contribution in [0.25, 0.3) is 0 Å². The van der Waals surface area contributed by atoms with Crippen molar-refractivity contribution in [3.8, 4) is 0 Å². The van der Waals surface area contributed by atoms with E-state index in [1.54, 1.807) is 14.2 Å². The molecule has 2 rings (SSSR count). The summed E-state index contributed by atoms with van der Waals surface area (Å²) >= 11 is 0. The highest BCUT2D eigenvalue weighted by molar-refractivity contribution is 5.28. The van der Waals surface area contributed by atoms with Crippen LogP contribution in [-0.4, -0.2) is 31.0 Å². The molecule has 0 fully saturated rings. The van der Waals surface area contributed by atoms with Gasteiger partial charge in [0.1, 0.15) is 5.69 Å². The number of aromatic amines is 1. The van der Waals surface area contributed by atoms with Crippen LogP contribution in [0.2, 0.25) is 0 Å². The fourth-order valence-electron chi connectivity index (χ4n) is 1.76. The van der Waals surface area contributed by atoms with Gasteiger partial charge in [0.25, 0.3) is 0 Å². The van der Waals surface area contributed by atoms with Crippen LogP contribution >= 0.6 is 0 Å². The van der Waals surface area contributed by atoms with Crippen molar-refractivity contribution in [1.29, 1.82) is 0 Å². The van der Waals surface area contributed by atoms with E-state index < -0.39 is 0 Å². The van der Waals surface area contributed by atoms with Crippen molar-refractivity contribution in [1.82, 2.24) is 15.5 Å². The van der Waals surface area contributed by atoms with Gasteiger partial charge < -0.3 is 14.8 Å². The molecule has 0 saturated carbocycles. The van der Waals surface area contributed by atoms with E-state index in [-0.39, 0.29) is 6.29 Å². The summed E-state index contributed by atoms with van der Waals surface area (Å²) in [6.45, 7) is 1.84. The number of rotatable bonds is 3.